The van der Waals surface area contributed by atoms with Gasteiger partial charge >= 0.3 is 0 Å². The Hall–Kier alpha value is -1.35. The Morgan fingerprint density at radius 1 is 1.05 bits per heavy atom. The molecule has 2 fully saturated rings. The van der Waals surface area contributed by atoms with E-state index in [4.69, 9.17) is 0 Å². The molecule has 2 saturated heterocycles. The molecule has 2 bridgehead atoms. The summed E-state index contributed by atoms with van der Waals surface area (Å²) in [4.78, 5) is 12.5. The normalized spacial score (nSPS) is 32.1. The van der Waals surface area contributed by atoms with Gasteiger partial charge in [-0.25, -0.2) is 0 Å². The van der Waals surface area contributed by atoms with Gasteiger partial charge in [-0.05, 0) is 49.7 Å². The molecular weight excluding hydrogens is 248 g/mol. The van der Waals surface area contributed by atoms with Crippen molar-refractivity contribution in [2.45, 2.75) is 56.7 Å². The summed E-state index contributed by atoms with van der Waals surface area (Å²) >= 11 is 0. The van der Waals surface area contributed by atoms with Crippen molar-refractivity contribution in [3.8, 4) is 0 Å². The summed E-state index contributed by atoms with van der Waals surface area (Å²) in [6.45, 7) is 0. The number of piperidine rings is 1. The molecule has 1 amide bonds. The highest BCUT2D eigenvalue weighted by Crippen LogP contribution is 2.29. The maximum atomic E-state index is 12.5. The first kappa shape index (κ1) is 12.4. The van der Waals surface area contributed by atoms with Crippen molar-refractivity contribution in [3.63, 3.8) is 0 Å². The fourth-order valence-electron chi connectivity index (χ4n) is 4.24. The van der Waals surface area contributed by atoms with Crippen molar-refractivity contribution < 1.29 is 4.79 Å². The lowest BCUT2D eigenvalue weighted by Crippen LogP contribution is -2.49. The van der Waals surface area contributed by atoms with Crippen LogP contribution in [-0.4, -0.2) is 24.0 Å². The van der Waals surface area contributed by atoms with Crippen molar-refractivity contribution in [1.82, 2.24) is 10.6 Å². The topological polar surface area (TPSA) is 41.1 Å². The third-order valence-corrected chi connectivity index (χ3v) is 5.24. The second kappa shape index (κ2) is 4.88. The van der Waals surface area contributed by atoms with Crippen LogP contribution < -0.4 is 10.6 Å². The molecule has 2 unspecified atom stereocenters. The second-order valence-corrected chi connectivity index (χ2v) is 6.69. The minimum absolute atomic E-state index is 0.153. The number of rotatable bonds is 2. The average molecular weight is 270 g/mol. The zero-order chi connectivity index (χ0) is 13.5. The van der Waals surface area contributed by atoms with E-state index < -0.39 is 0 Å². The number of fused-ring (bicyclic) bond motifs is 3. The van der Waals surface area contributed by atoms with Crippen LogP contribution in [0.1, 0.15) is 36.8 Å². The van der Waals surface area contributed by atoms with Crippen molar-refractivity contribution in [1.29, 1.82) is 0 Å². The zero-order valence-electron chi connectivity index (χ0n) is 11.8. The molecule has 2 aliphatic heterocycles. The van der Waals surface area contributed by atoms with Crippen LogP contribution in [0.25, 0.3) is 0 Å². The maximum Gasteiger partial charge on any atom is 0.223 e. The maximum absolute atomic E-state index is 12.5. The van der Waals surface area contributed by atoms with E-state index in [2.05, 4.69) is 34.9 Å². The lowest BCUT2D eigenvalue weighted by atomic mass is 9.98. The van der Waals surface area contributed by atoms with E-state index in [0.717, 1.165) is 25.7 Å². The highest BCUT2D eigenvalue weighted by molar-refractivity contribution is 5.80. The minimum Gasteiger partial charge on any atom is -0.353 e. The number of hydrogen-bond donors (Lipinski definition) is 2. The van der Waals surface area contributed by atoms with Crippen LogP contribution in [0.5, 0.6) is 0 Å². The van der Waals surface area contributed by atoms with Crippen LogP contribution in [-0.2, 0) is 17.6 Å². The monoisotopic (exact) mass is 270 g/mol. The first-order valence-corrected chi connectivity index (χ1v) is 7.91. The summed E-state index contributed by atoms with van der Waals surface area (Å²) < 4.78 is 0. The Morgan fingerprint density at radius 3 is 2.25 bits per heavy atom. The summed E-state index contributed by atoms with van der Waals surface area (Å²) in [5, 5.41) is 6.94. The standard InChI is InChI=1S/C17H22N2O/c20-17(13-7-11-3-1-2-4-12(11)8-13)19-16-9-14-5-6-15(10-16)18-14/h1-4,13-16,18H,5-10H2,(H,19,20). The van der Waals surface area contributed by atoms with E-state index >= 15 is 0 Å². The van der Waals surface area contributed by atoms with Crippen LogP contribution in [0.4, 0.5) is 0 Å². The van der Waals surface area contributed by atoms with Crippen LogP contribution in [0.2, 0.25) is 0 Å². The fourth-order valence-corrected chi connectivity index (χ4v) is 4.24. The van der Waals surface area contributed by atoms with Crippen molar-refractivity contribution in [3.05, 3.63) is 35.4 Å². The third-order valence-electron chi connectivity index (χ3n) is 5.24. The molecule has 1 aromatic carbocycles. The van der Waals surface area contributed by atoms with E-state index in [1.807, 2.05) is 0 Å². The fraction of sp³-hybridized carbons (Fsp3) is 0.588. The minimum atomic E-state index is 0.153. The number of carbonyl (C=O) groups excluding carboxylic acids is 1. The van der Waals surface area contributed by atoms with Crippen LogP contribution >= 0.6 is 0 Å². The molecule has 1 aliphatic carbocycles. The number of carbonyl (C=O) groups is 1. The smallest absolute Gasteiger partial charge is 0.223 e. The van der Waals surface area contributed by atoms with Gasteiger partial charge < -0.3 is 10.6 Å². The van der Waals surface area contributed by atoms with E-state index in [0.29, 0.717) is 18.1 Å². The molecule has 106 valence electrons. The molecule has 2 N–H and O–H groups in total. The van der Waals surface area contributed by atoms with Gasteiger partial charge in [-0.1, -0.05) is 24.3 Å². The highest BCUT2D eigenvalue weighted by atomic mass is 16.1. The molecule has 2 heterocycles. The van der Waals surface area contributed by atoms with Gasteiger partial charge in [-0.3, -0.25) is 4.79 Å². The number of nitrogens with one attached hydrogen (secondary N) is 2. The molecule has 20 heavy (non-hydrogen) atoms. The number of amides is 1. The largest absolute Gasteiger partial charge is 0.353 e. The highest BCUT2D eigenvalue weighted by Gasteiger charge is 2.35. The molecule has 0 radical (unpaired) electrons. The second-order valence-electron chi connectivity index (χ2n) is 6.69. The van der Waals surface area contributed by atoms with E-state index in [1.165, 1.54) is 24.0 Å². The molecule has 3 nitrogen and oxygen atoms in total. The number of hydrogen-bond acceptors (Lipinski definition) is 2. The number of benzene rings is 1. The zero-order valence-corrected chi connectivity index (χ0v) is 11.8. The van der Waals surface area contributed by atoms with Gasteiger partial charge in [0.1, 0.15) is 0 Å². The van der Waals surface area contributed by atoms with Gasteiger partial charge in [-0.15, -0.1) is 0 Å². The van der Waals surface area contributed by atoms with Crippen LogP contribution in [0.3, 0.4) is 0 Å². The van der Waals surface area contributed by atoms with E-state index in [-0.39, 0.29) is 11.8 Å². The molecule has 3 heteroatoms. The predicted molar refractivity (Wildman–Crippen MR) is 78.5 cm³/mol. The Morgan fingerprint density at radius 2 is 1.65 bits per heavy atom. The van der Waals surface area contributed by atoms with Gasteiger partial charge in [-0.2, -0.15) is 0 Å². The van der Waals surface area contributed by atoms with E-state index in [9.17, 15) is 4.79 Å². The molecule has 0 spiro atoms. The van der Waals surface area contributed by atoms with Gasteiger partial charge in [0.2, 0.25) is 5.91 Å². The van der Waals surface area contributed by atoms with Gasteiger partial charge in [0, 0.05) is 24.0 Å². The van der Waals surface area contributed by atoms with Crippen LogP contribution in [0, 0.1) is 5.92 Å². The lowest BCUT2D eigenvalue weighted by Gasteiger charge is -2.30. The molecular formula is C17H22N2O. The molecule has 4 rings (SSSR count). The van der Waals surface area contributed by atoms with Gasteiger partial charge in [0.15, 0.2) is 0 Å². The van der Waals surface area contributed by atoms with Crippen molar-refractivity contribution >= 4 is 5.91 Å². The summed E-state index contributed by atoms with van der Waals surface area (Å²) in [7, 11) is 0. The van der Waals surface area contributed by atoms with Gasteiger partial charge in [0.25, 0.3) is 0 Å². The average Bonchev–Trinajstić information content (AvgIpc) is 3.02. The first-order valence-electron chi connectivity index (χ1n) is 7.91. The van der Waals surface area contributed by atoms with E-state index in [1.54, 1.807) is 0 Å². The van der Waals surface area contributed by atoms with Crippen molar-refractivity contribution in [2.75, 3.05) is 0 Å². The SMILES string of the molecule is O=C(NC1CC2CCC(C1)N2)C1Cc2ccccc2C1. The summed E-state index contributed by atoms with van der Waals surface area (Å²) in [6.07, 6.45) is 6.63. The molecule has 0 aromatic heterocycles. The van der Waals surface area contributed by atoms with Crippen LogP contribution in [0.15, 0.2) is 24.3 Å². The summed E-state index contributed by atoms with van der Waals surface area (Å²) in [5.74, 6) is 0.424. The molecule has 2 atom stereocenters. The molecule has 0 saturated carbocycles. The molecule has 3 aliphatic rings. The summed E-state index contributed by atoms with van der Waals surface area (Å²) in [6, 6.07) is 10.1. The molecule has 1 aromatic rings. The van der Waals surface area contributed by atoms with Crippen molar-refractivity contribution in [2.24, 2.45) is 5.92 Å². The Balaban J connectivity index is 1.38. The Bertz CT molecular complexity index is 490. The Kier molecular flexibility index (Phi) is 3.03. The Labute approximate surface area is 120 Å². The first-order chi connectivity index (χ1) is 9.78. The summed E-state index contributed by atoms with van der Waals surface area (Å²) in [5.41, 5.74) is 2.72. The predicted octanol–water partition coefficient (Wildman–Crippen LogP) is 1.80. The third kappa shape index (κ3) is 2.24. The van der Waals surface area contributed by atoms with Gasteiger partial charge in [0.05, 0.1) is 0 Å². The quantitative estimate of drug-likeness (QED) is 0.860. The lowest BCUT2D eigenvalue weighted by molar-refractivity contribution is -0.125.